The van der Waals surface area contributed by atoms with Gasteiger partial charge in [0, 0.05) is 6.20 Å². The van der Waals surface area contributed by atoms with E-state index in [2.05, 4.69) is 15.4 Å². The first-order valence-electron chi connectivity index (χ1n) is 9.63. The lowest BCUT2D eigenvalue weighted by Crippen LogP contribution is -2.22. The van der Waals surface area contributed by atoms with Crippen LogP contribution in [-0.2, 0) is 5.67 Å². The number of carbonyl (C=O) groups is 2. The minimum atomic E-state index is -1.51. The van der Waals surface area contributed by atoms with Gasteiger partial charge in [0.2, 0.25) is 0 Å². The predicted molar refractivity (Wildman–Crippen MR) is 111 cm³/mol. The van der Waals surface area contributed by atoms with Gasteiger partial charge in [-0.15, -0.1) is 0 Å². The van der Waals surface area contributed by atoms with E-state index < -0.39 is 17.5 Å². The number of rotatable bonds is 5. The van der Waals surface area contributed by atoms with Gasteiger partial charge < -0.3 is 11.1 Å². The normalized spacial score (nSPS) is 14.4. The molecule has 2 amide bonds. The van der Waals surface area contributed by atoms with Gasteiger partial charge in [0.25, 0.3) is 11.8 Å². The number of hydrogen-bond donors (Lipinski definition) is 2. The van der Waals surface area contributed by atoms with Crippen molar-refractivity contribution in [1.29, 1.82) is 0 Å². The molecule has 1 saturated carbocycles. The standard InChI is InChI=1S/C22H22FN5O2/c1-12-9-14(3)18(15(10-12)19(24)29)26-21(30)16-11-17(22(23)6-7-22)27-28(16)20-13(2)5-4-8-25-20/h4-5,8-11H,6-7H2,1-3H3,(H2,24,29)(H,26,30). The van der Waals surface area contributed by atoms with Gasteiger partial charge in [0.15, 0.2) is 11.5 Å². The van der Waals surface area contributed by atoms with Gasteiger partial charge >= 0.3 is 0 Å². The number of benzene rings is 1. The highest BCUT2D eigenvalue weighted by Crippen LogP contribution is 2.49. The smallest absolute Gasteiger partial charge is 0.274 e. The number of nitrogens with one attached hydrogen (secondary N) is 1. The Bertz CT molecular complexity index is 1180. The monoisotopic (exact) mass is 407 g/mol. The molecule has 0 unspecified atom stereocenters. The Kier molecular flexibility index (Phi) is 4.64. The van der Waals surface area contributed by atoms with Crippen LogP contribution in [0.5, 0.6) is 0 Å². The Morgan fingerprint density at radius 2 is 1.90 bits per heavy atom. The van der Waals surface area contributed by atoms with Crippen LogP contribution in [0, 0.1) is 20.8 Å². The molecule has 0 aliphatic heterocycles. The van der Waals surface area contributed by atoms with Crippen LogP contribution in [0.25, 0.3) is 5.82 Å². The van der Waals surface area contributed by atoms with Crippen LogP contribution in [0.1, 0.15) is 56.1 Å². The number of hydrogen-bond acceptors (Lipinski definition) is 4. The molecule has 3 aromatic rings. The Balaban J connectivity index is 1.80. The number of anilines is 1. The van der Waals surface area contributed by atoms with Gasteiger partial charge in [0.05, 0.1) is 11.3 Å². The molecule has 0 saturated heterocycles. The summed E-state index contributed by atoms with van der Waals surface area (Å²) in [7, 11) is 0. The number of alkyl halides is 1. The van der Waals surface area contributed by atoms with Crippen LogP contribution in [-0.4, -0.2) is 26.6 Å². The summed E-state index contributed by atoms with van der Waals surface area (Å²) in [4.78, 5) is 29.4. The summed E-state index contributed by atoms with van der Waals surface area (Å²) in [6.45, 7) is 5.46. The van der Waals surface area contributed by atoms with Crippen LogP contribution < -0.4 is 11.1 Å². The van der Waals surface area contributed by atoms with Gasteiger partial charge in [-0.2, -0.15) is 5.10 Å². The van der Waals surface area contributed by atoms with Crippen LogP contribution in [0.2, 0.25) is 0 Å². The number of halogens is 1. The molecular formula is C22H22FN5O2. The van der Waals surface area contributed by atoms with Gasteiger partial charge in [-0.3, -0.25) is 9.59 Å². The van der Waals surface area contributed by atoms with Gasteiger partial charge in [0.1, 0.15) is 11.4 Å². The van der Waals surface area contributed by atoms with E-state index in [0.717, 1.165) is 11.1 Å². The fourth-order valence-electron chi connectivity index (χ4n) is 3.49. The Morgan fingerprint density at radius 1 is 1.17 bits per heavy atom. The Hall–Kier alpha value is -3.55. The molecular weight excluding hydrogens is 385 g/mol. The zero-order valence-electron chi connectivity index (χ0n) is 17.0. The minimum absolute atomic E-state index is 0.131. The largest absolute Gasteiger partial charge is 0.366 e. The second-order valence-corrected chi connectivity index (χ2v) is 7.76. The highest BCUT2D eigenvalue weighted by molar-refractivity contribution is 6.09. The van der Waals surface area contributed by atoms with Crippen LogP contribution in [0.4, 0.5) is 10.1 Å². The molecule has 0 atom stereocenters. The highest BCUT2D eigenvalue weighted by atomic mass is 19.1. The molecule has 0 bridgehead atoms. The third-order valence-electron chi connectivity index (χ3n) is 5.26. The van der Waals surface area contributed by atoms with E-state index in [0.29, 0.717) is 29.9 Å². The van der Waals surface area contributed by atoms with Crippen molar-refractivity contribution in [3.8, 4) is 5.82 Å². The van der Waals surface area contributed by atoms with E-state index in [1.165, 1.54) is 10.7 Å². The number of nitrogens with two attached hydrogens (primary N) is 1. The van der Waals surface area contributed by atoms with Crippen LogP contribution >= 0.6 is 0 Å². The fraction of sp³-hybridized carbons (Fsp3) is 0.273. The molecule has 1 aliphatic rings. The molecule has 1 aromatic carbocycles. The number of pyridine rings is 1. The summed E-state index contributed by atoms with van der Waals surface area (Å²) in [6, 6.07) is 8.52. The summed E-state index contributed by atoms with van der Waals surface area (Å²) in [6.07, 6.45) is 2.33. The second kappa shape index (κ2) is 7.05. The number of aromatic nitrogens is 3. The van der Waals surface area contributed by atoms with Gasteiger partial charge in [-0.1, -0.05) is 12.1 Å². The third-order valence-corrected chi connectivity index (χ3v) is 5.26. The average molecular weight is 407 g/mol. The van der Waals surface area contributed by atoms with Crippen molar-refractivity contribution in [3.05, 3.63) is 70.2 Å². The molecule has 0 radical (unpaired) electrons. The maximum absolute atomic E-state index is 14.7. The molecule has 2 heterocycles. The van der Waals surface area contributed by atoms with Crippen molar-refractivity contribution in [2.75, 3.05) is 5.32 Å². The van der Waals surface area contributed by atoms with E-state index in [1.54, 1.807) is 25.3 Å². The van der Waals surface area contributed by atoms with Crippen molar-refractivity contribution in [2.24, 2.45) is 5.73 Å². The molecule has 8 heteroatoms. The van der Waals surface area contributed by atoms with E-state index in [-0.39, 0.29) is 17.0 Å². The van der Waals surface area contributed by atoms with Crippen molar-refractivity contribution in [3.63, 3.8) is 0 Å². The first-order valence-corrected chi connectivity index (χ1v) is 9.63. The summed E-state index contributed by atoms with van der Waals surface area (Å²) in [5.41, 5.74) is 7.20. The number of aryl methyl sites for hydroxylation is 3. The summed E-state index contributed by atoms with van der Waals surface area (Å²) in [5.74, 6) is -0.737. The van der Waals surface area contributed by atoms with Crippen molar-refractivity contribution in [1.82, 2.24) is 14.8 Å². The molecule has 4 rings (SSSR count). The molecule has 1 fully saturated rings. The zero-order chi connectivity index (χ0) is 21.6. The summed E-state index contributed by atoms with van der Waals surface area (Å²) < 4.78 is 16.1. The molecule has 0 spiro atoms. The predicted octanol–water partition coefficient (Wildman–Crippen LogP) is 3.50. The fourth-order valence-corrected chi connectivity index (χ4v) is 3.49. The average Bonchev–Trinajstić information content (AvgIpc) is 3.27. The molecule has 154 valence electrons. The number of carbonyl (C=O) groups excluding carboxylic acids is 2. The minimum Gasteiger partial charge on any atom is -0.366 e. The SMILES string of the molecule is Cc1cc(C)c(NC(=O)c2cc(C3(F)CC3)nn2-c2ncccc2C)c(C(N)=O)c1. The first kappa shape index (κ1) is 19.8. The van der Waals surface area contributed by atoms with Crippen molar-refractivity contribution >= 4 is 17.5 Å². The van der Waals surface area contributed by atoms with E-state index in [4.69, 9.17) is 5.73 Å². The highest BCUT2D eigenvalue weighted by Gasteiger charge is 2.48. The Morgan fingerprint density at radius 3 is 2.53 bits per heavy atom. The quantitative estimate of drug-likeness (QED) is 0.676. The van der Waals surface area contributed by atoms with Crippen molar-refractivity contribution in [2.45, 2.75) is 39.3 Å². The molecule has 3 N–H and O–H groups in total. The maximum atomic E-state index is 14.7. The van der Waals surface area contributed by atoms with E-state index >= 15 is 0 Å². The molecule has 1 aliphatic carbocycles. The Labute approximate surface area is 173 Å². The lowest BCUT2D eigenvalue weighted by atomic mass is 10.0. The molecule has 2 aromatic heterocycles. The number of primary amides is 1. The van der Waals surface area contributed by atoms with Crippen molar-refractivity contribution < 1.29 is 14.0 Å². The maximum Gasteiger partial charge on any atom is 0.274 e. The van der Waals surface area contributed by atoms with Gasteiger partial charge in [-0.25, -0.2) is 14.1 Å². The third kappa shape index (κ3) is 3.45. The summed E-state index contributed by atoms with van der Waals surface area (Å²) >= 11 is 0. The van der Waals surface area contributed by atoms with E-state index in [9.17, 15) is 14.0 Å². The second-order valence-electron chi connectivity index (χ2n) is 7.76. The van der Waals surface area contributed by atoms with Crippen LogP contribution in [0.3, 0.4) is 0 Å². The lowest BCUT2D eigenvalue weighted by Gasteiger charge is -2.14. The first-order chi connectivity index (χ1) is 14.2. The topological polar surface area (TPSA) is 103 Å². The van der Waals surface area contributed by atoms with Crippen LogP contribution in [0.15, 0.2) is 36.5 Å². The number of amides is 2. The molecule has 7 nitrogen and oxygen atoms in total. The zero-order valence-corrected chi connectivity index (χ0v) is 17.0. The van der Waals surface area contributed by atoms with Gasteiger partial charge in [-0.05, 0) is 68.5 Å². The van der Waals surface area contributed by atoms with E-state index in [1.807, 2.05) is 26.0 Å². The summed E-state index contributed by atoms with van der Waals surface area (Å²) in [5, 5.41) is 7.13. The molecule has 30 heavy (non-hydrogen) atoms. The number of nitrogens with zero attached hydrogens (tertiary/aromatic N) is 3. The lowest BCUT2D eigenvalue weighted by molar-refractivity contribution is 0.100.